The Hall–Kier alpha value is -4.60. The van der Waals surface area contributed by atoms with E-state index in [9.17, 15) is 24.0 Å². The number of imide groups is 1. The topological polar surface area (TPSA) is 123 Å². The van der Waals surface area contributed by atoms with Gasteiger partial charge in [-0.1, -0.05) is 18.2 Å². The fourth-order valence-electron chi connectivity index (χ4n) is 5.05. The number of amides is 2. The van der Waals surface area contributed by atoms with Crippen molar-refractivity contribution in [3.8, 4) is 5.75 Å². The molecule has 4 atom stereocenters. The van der Waals surface area contributed by atoms with E-state index in [1.54, 1.807) is 24.3 Å². The van der Waals surface area contributed by atoms with Crippen LogP contribution in [0.2, 0.25) is 0 Å². The Balaban J connectivity index is 1.54. The van der Waals surface area contributed by atoms with Gasteiger partial charge in [0.15, 0.2) is 5.78 Å². The van der Waals surface area contributed by atoms with Crippen LogP contribution in [0.15, 0.2) is 65.8 Å². The summed E-state index contributed by atoms with van der Waals surface area (Å²) in [5.74, 6) is -4.30. The van der Waals surface area contributed by atoms with E-state index >= 15 is 0 Å². The number of para-hydroxylation sites is 1. The third-order valence-corrected chi connectivity index (χ3v) is 6.51. The van der Waals surface area contributed by atoms with Gasteiger partial charge in [0, 0.05) is 18.7 Å². The number of ether oxygens (including phenoxy) is 2. The smallest absolute Gasteiger partial charge is 0.339 e. The molecule has 2 aromatic carbocycles. The number of benzene rings is 2. The summed E-state index contributed by atoms with van der Waals surface area (Å²) >= 11 is 0. The first-order valence-corrected chi connectivity index (χ1v) is 11.2. The van der Waals surface area contributed by atoms with Crippen molar-refractivity contribution in [3.05, 3.63) is 71.8 Å². The highest BCUT2D eigenvalue weighted by Gasteiger charge is 2.64. The van der Waals surface area contributed by atoms with Gasteiger partial charge in [-0.3, -0.25) is 24.2 Å². The predicted octanol–water partition coefficient (Wildman–Crippen LogP) is 2.00. The summed E-state index contributed by atoms with van der Waals surface area (Å²) in [6, 6.07) is 10.5. The highest BCUT2D eigenvalue weighted by molar-refractivity contribution is 6.26. The van der Waals surface area contributed by atoms with Gasteiger partial charge < -0.3 is 9.47 Å². The van der Waals surface area contributed by atoms with Crippen molar-refractivity contribution < 1.29 is 33.4 Å². The fraction of sp³-hybridized carbons (Fsp3) is 0.231. The lowest BCUT2D eigenvalue weighted by atomic mass is 9.86. The summed E-state index contributed by atoms with van der Waals surface area (Å²) in [5, 5.41) is 5.82. The maximum Gasteiger partial charge on any atom is 0.339 e. The van der Waals surface area contributed by atoms with Crippen LogP contribution < -0.4 is 9.64 Å². The normalized spacial score (nSPS) is 23.9. The van der Waals surface area contributed by atoms with Crippen molar-refractivity contribution in [1.82, 2.24) is 5.01 Å². The Morgan fingerprint density at radius 1 is 0.944 bits per heavy atom. The maximum absolute atomic E-state index is 13.8. The van der Waals surface area contributed by atoms with Gasteiger partial charge in [0.25, 0.3) is 0 Å². The van der Waals surface area contributed by atoms with Gasteiger partial charge in [0.05, 0.1) is 36.2 Å². The van der Waals surface area contributed by atoms with Crippen LogP contribution in [0.25, 0.3) is 0 Å². The lowest BCUT2D eigenvalue weighted by Crippen LogP contribution is -2.46. The molecule has 2 saturated heterocycles. The number of ketones is 1. The Morgan fingerprint density at radius 2 is 1.64 bits per heavy atom. The molecule has 182 valence electrons. The van der Waals surface area contributed by atoms with Crippen LogP contribution in [0.1, 0.15) is 27.6 Å². The van der Waals surface area contributed by atoms with Gasteiger partial charge in [-0.2, -0.15) is 5.10 Å². The van der Waals surface area contributed by atoms with Crippen LogP contribution in [0, 0.1) is 11.8 Å². The molecule has 0 spiro atoms. The molecule has 0 bridgehead atoms. The van der Waals surface area contributed by atoms with Gasteiger partial charge in [-0.25, -0.2) is 9.69 Å². The summed E-state index contributed by atoms with van der Waals surface area (Å²) in [6.45, 7) is 1.27. The van der Waals surface area contributed by atoms with E-state index in [-0.39, 0.29) is 22.6 Å². The summed E-state index contributed by atoms with van der Waals surface area (Å²) in [7, 11) is 1.21. The van der Waals surface area contributed by atoms with Crippen LogP contribution in [0.4, 0.5) is 5.69 Å². The third kappa shape index (κ3) is 3.58. The van der Waals surface area contributed by atoms with Gasteiger partial charge in [-0.15, -0.1) is 0 Å². The van der Waals surface area contributed by atoms with Gasteiger partial charge in [0.2, 0.25) is 11.8 Å². The zero-order valence-corrected chi connectivity index (χ0v) is 19.4. The maximum atomic E-state index is 13.8. The molecule has 0 saturated carbocycles. The van der Waals surface area contributed by atoms with E-state index in [2.05, 4.69) is 5.10 Å². The number of hydrogen-bond acceptors (Lipinski definition) is 9. The molecule has 36 heavy (non-hydrogen) atoms. The molecular weight excluding hydrogens is 466 g/mol. The first-order valence-electron chi connectivity index (χ1n) is 11.2. The van der Waals surface area contributed by atoms with Crippen LogP contribution in [-0.2, 0) is 19.1 Å². The first-order chi connectivity index (χ1) is 17.3. The van der Waals surface area contributed by atoms with Crippen LogP contribution in [0.3, 0.4) is 0 Å². The van der Waals surface area contributed by atoms with E-state index in [4.69, 9.17) is 9.47 Å². The van der Waals surface area contributed by atoms with Gasteiger partial charge in [0.1, 0.15) is 11.8 Å². The van der Waals surface area contributed by atoms with Gasteiger partial charge >= 0.3 is 11.9 Å². The molecule has 3 aliphatic heterocycles. The number of allylic oxidation sites excluding steroid dienone is 1. The highest BCUT2D eigenvalue weighted by atomic mass is 16.5. The molecule has 0 N–H and O–H groups in total. The minimum atomic E-state index is -1.05. The van der Waals surface area contributed by atoms with E-state index in [0.29, 0.717) is 0 Å². The van der Waals surface area contributed by atoms with E-state index in [0.717, 1.165) is 4.90 Å². The minimum absolute atomic E-state index is 0.0691. The molecule has 3 aliphatic rings. The SMILES string of the molecule is COC(=O)c1ccccc1N1C(=O)[C@@H]2[C@H](C1=O)[C@H](C(=O)c1ccc(OC(C)=O)cc1)N1N=CC=C[C@H]21. The largest absolute Gasteiger partial charge is 0.465 e. The zero-order chi connectivity index (χ0) is 25.6. The average Bonchev–Trinajstić information content (AvgIpc) is 3.35. The lowest BCUT2D eigenvalue weighted by molar-refractivity contribution is -0.132. The Labute approximate surface area is 205 Å². The van der Waals surface area contributed by atoms with Crippen LogP contribution >= 0.6 is 0 Å². The van der Waals surface area contributed by atoms with Crippen LogP contribution in [0.5, 0.6) is 5.75 Å². The molecular formula is C26H21N3O7. The van der Waals surface area contributed by atoms with Crippen molar-refractivity contribution in [1.29, 1.82) is 0 Å². The van der Waals surface area contributed by atoms with Crippen molar-refractivity contribution >= 4 is 41.4 Å². The number of nitrogens with zero attached hydrogens (tertiary/aromatic N) is 3. The monoisotopic (exact) mass is 487 g/mol. The molecule has 2 amide bonds. The second-order valence-electron chi connectivity index (χ2n) is 8.52. The number of methoxy groups -OCH3 is 1. The summed E-state index contributed by atoms with van der Waals surface area (Å²) in [4.78, 5) is 65.6. The Bertz CT molecular complexity index is 1350. The molecule has 0 unspecified atom stereocenters. The summed E-state index contributed by atoms with van der Waals surface area (Å²) in [5.41, 5.74) is 0.453. The molecule has 2 fully saturated rings. The standard InChI is InChI=1S/C26H21N3O7/c1-14(30)36-16-11-9-15(10-12-16)23(31)22-21-20(19-8-5-13-27-29(19)22)24(32)28(25(21)33)18-7-4-3-6-17(18)26(34)35-2/h3-13,19-22H,1-2H3/t19-,20+,21+,22-/m1/s1. The van der Waals surface area contributed by atoms with Crippen molar-refractivity contribution in [2.45, 2.75) is 19.0 Å². The third-order valence-electron chi connectivity index (χ3n) is 6.51. The molecule has 10 heteroatoms. The number of carbonyl (C=O) groups is 5. The number of fused-ring (bicyclic) bond motifs is 3. The second-order valence-corrected chi connectivity index (χ2v) is 8.52. The quantitative estimate of drug-likeness (QED) is 0.272. The number of carbonyl (C=O) groups excluding carboxylic acids is 5. The minimum Gasteiger partial charge on any atom is -0.465 e. The number of rotatable bonds is 5. The Kier molecular flexibility index (Phi) is 5.71. The second kappa shape index (κ2) is 8.88. The predicted molar refractivity (Wildman–Crippen MR) is 126 cm³/mol. The molecule has 5 rings (SSSR count). The van der Waals surface area contributed by atoms with E-state index in [1.807, 2.05) is 0 Å². The van der Waals surface area contributed by atoms with Gasteiger partial charge in [-0.05, 0) is 42.5 Å². The molecule has 2 aromatic rings. The van der Waals surface area contributed by atoms with Crippen LogP contribution in [-0.4, -0.2) is 60.0 Å². The number of Topliss-reactive ketones (excluding diaryl/α,β-unsaturated/α-hetero) is 1. The molecule has 0 aromatic heterocycles. The van der Waals surface area contributed by atoms with E-state index < -0.39 is 53.5 Å². The van der Waals surface area contributed by atoms with Crippen molar-refractivity contribution in [3.63, 3.8) is 0 Å². The first kappa shape index (κ1) is 23.2. The summed E-state index contributed by atoms with van der Waals surface area (Å²) in [6.07, 6.45) is 4.91. The number of hydrazone groups is 1. The fourth-order valence-corrected chi connectivity index (χ4v) is 5.05. The molecule has 0 radical (unpaired) electrons. The molecule has 0 aliphatic carbocycles. The number of anilines is 1. The average molecular weight is 487 g/mol. The molecule has 3 heterocycles. The number of esters is 2. The van der Waals surface area contributed by atoms with Crippen molar-refractivity contribution in [2.75, 3.05) is 12.0 Å². The highest BCUT2D eigenvalue weighted by Crippen LogP contribution is 2.46. The van der Waals surface area contributed by atoms with Crippen molar-refractivity contribution in [2.24, 2.45) is 16.9 Å². The van der Waals surface area contributed by atoms with E-state index in [1.165, 1.54) is 61.7 Å². The summed E-state index contributed by atoms with van der Waals surface area (Å²) < 4.78 is 9.85. The Morgan fingerprint density at radius 3 is 2.33 bits per heavy atom. The number of hydrogen-bond donors (Lipinski definition) is 0. The lowest BCUT2D eigenvalue weighted by Gasteiger charge is -2.30. The molecule has 10 nitrogen and oxygen atoms in total. The zero-order valence-electron chi connectivity index (χ0n) is 19.4.